The normalized spacial score (nSPS) is 13.5. The number of anilines is 2. The first-order chi connectivity index (χ1) is 10.6. The Balaban J connectivity index is 1.70. The van der Waals surface area contributed by atoms with Crippen LogP contribution in [0.15, 0.2) is 41.8 Å². The Labute approximate surface area is 131 Å². The molecule has 1 aromatic heterocycles. The number of ketones is 1. The molecule has 0 aliphatic carbocycles. The summed E-state index contributed by atoms with van der Waals surface area (Å²) in [6, 6.07) is 10.7. The third-order valence-electron chi connectivity index (χ3n) is 3.43. The Bertz CT molecular complexity index is 725. The van der Waals surface area contributed by atoms with Gasteiger partial charge in [0.1, 0.15) is 6.54 Å². The predicted molar refractivity (Wildman–Crippen MR) is 85.3 cm³/mol. The summed E-state index contributed by atoms with van der Waals surface area (Å²) in [5.41, 5.74) is 1.30. The highest BCUT2D eigenvalue weighted by atomic mass is 32.1. The summed E-state index contributed by atoms with van der Waals surface area (Å²) in [4.78, 5) is 38.1. The number of nitrogens with zero attached hydrogens (tertiary/aromatic N) is 1. The van der Waals surface area contributed by atoms with E-state index in [1.165, 1.54) is 16.2 Å². The van der Waals surface area contributed by atoms with Gasteiger partial charge in [0.2, 0.25) is 11.8 Å². The highest BCUT2D eigenvalue weighted by Crippen LogP contribution is 2.29. The van der Waals surface area contributed by atoms with Gasteiger partial charge in [0.25, 0.3) is 0 Å². The van der Waals surface area contributed by atoms with Gasteiger partial charge < -0.3 is 10.2 Å². The first-order valence-electron chi connectivity index (χ1n) is 6.91. The molecule has 1 aromatic carbocycles. The zero-order chi connectivity index (χ0) is 15.5. The fraction of sp³-hybridized carbons (Fsp3) is 0.188. The Hall–Kier alpha value is -2.47. The van der Waals surface area contributed by atoms with Crippen LogP contribution < -0.4 is 10.2 Å². The Morgan fingerprint density at radius 2 is 1.95 bits per heavy atom. The summed E-state index contributed by atoms with van der Waals surface area (Å²) in [5.74, 6) is -0.484. The number of amides is 2. The van der Waals surface area contributed by atoms with Crippen molar-refractivity contribution in [3.8, 4) is 0 Å². The molecule has 3 rings (SSSR count). The van der Waals surface area contributed by atoms with Crippen LogP contribution in [-0.4, -0.2) is 24.1 Å². The first kappa shape index (κ1) is 14.5. The monoisotopic (exact) mass is 314 g/mol. The molecule has 6 heteroatoms. The Kier molecular flexibility index (Phi) is 4.02. The van der Waals surface area contributed by atoms with Crippen molar-refractivity contribution in [2.45, 2.75) is 12.8 Å². The summed E-state index contributed by atoms with van der Waals surface area (Å²) in [5, 5.41) is 4.57. The maximum Gasteiger partial charge on any atom is 0.244 e. The lowest BCUT2D eigenvalue weighted by atomic mass is 10.1. The second-order valence-corrected chi connectivity index (χ2v) is 5.89. The lowest BCUT2D eigenvalue weighted by Gasteiger charge is -2.29. The molecule has 112 valence electrons. The second-order valence-electron chi connectivity index (χ2n) is 4.95. The van der Waals surface area contributed by atoms with Gasteiger partial charge in [0.15, 0.2) is 5.78 Å². The molecule has 22 heavy (non-hydrogen) atoms. The fourth-order valence-electron chi connectivity index (χ4n) is 2.37. The van der Waals surface area contributed by atoms with E-state index in [1.807, 2.05) is 17.5 Å². The van der Waals surface area contributed by atoms with E-state index < -0.39 is 0 Å². The van der Waals surface area contributed by atoms with Crippen LogP contribution in [0.5, 0.6) is 0 Å². The van der Waals surface area contributed by atoms with Crippen LogP contribution in [0.2, 0.25) is 0 Å². The van der Waals surface area contributed by atoms with E-state index >= 15 is 0 Å². The standard InChI is InChI=1S/C16H14N2O3S/c19-13(14-6-3-9-22-14)7-8-16(21)18-10-15(20)17-11-4-1-2-5-12(11)18/h1-6,9H,7-8,10H2,(H,17,20). The van der Waals surface area contributed by atoms with Crippen LogP contribution in [0, 0.1) is 0 Å². The molecule has 0 atom stereocenters. The van der Waals surface area contributed by atoms with E-state index in [1.54, 1.807) is 24.3 Å². The molecule has 0 fully saturated rings. The van der Waals surface area contributed by atoms with E-state index in [2.05, 4.69) is 5.32 Å². The maximum atomic E-state index is 12.4. The minimum atomic E-state index is -0.225. The molecule has 2 amide bonds. The number of hydrogen-bond donors (Lipinski definition) is 1. The molecule has 1 N–H and O–H groups in total. The number of nitrogens with one attached hydrogen (secondary N) is 1. The molecule has 0 saturated heterocycles. The molecule has 0 spiro atoms. The molecule has 0 radical (unpaired) electrons. The highest BCUT2D eigenvalue weighted by Gasteiger charge is 2.26. The van der Waals surface area contributed by atoms with Gasteiger partial charge in [-0.1, -0.05) is 18.2 Å². The van der Waals surface area contributed by atoms with Crippen molar-refractivity contribution in [2.75, 3.05) is 16.8 Å². The number of fused-ring (bicyclic) bond motifs is 1. The molecular formula is C16H14N2O3S. The molecular weight excluding hydrogens is 300 g/mol. The smallest absolute Gasteiger partial charge is 0.244 e. The summed E-state index contributed by atoms with van der Waals surface area (Å²) in [6.45, 7) is -0.0109. The van der Waals surface area contributed by atoms with Crippen LogP contribution in [0.1, 0.15) is 22.5 Å². The van der Waals surface area contributed by atoms with Gasteiger partial charge in [-0.05, 0) is 23.6 Å². The van der Waals surface area contributed by atoms with Gasteiger partial charge >= 0.3 is 0 Å². The van der Waals surface area contributed by atoms with Crippen LogP contribution in [0.4, 0.5) is 11.4 Å². The third-order valence-corrected chi connectivity index (χ3v) is 4.34. The summed E-state index contributed by atoms with van der Waals surface area (Å²) in [7, 11) is 0. The van der Waals surface area contributed by atoms with E-state index in [0.717, 1.165) is 0 Å². The average molecular weight is 314 g/mol. The van der Waals surface area contributed by atoms with E-state index in [0.29, 0.717) is 16.3 Å². The van der Waals surface area contributed by atoms with Crippen molar-refractivity contribution in [3.63, 3.8) is 0 Å². The lowest BCUT2D eigenvalue weighted by Crippen LogP contribution is -2.42. The van der Waals surface area contributed by atoms with Crippen LogP contribution in [0.3, 0.4) is 0 Å². The quantitative estimate of drug-likeness (QED) is 0.882. The largest absolute Gasteiger partial charge is 0.323 e. The second kappa shape index (κ2) is 6.11. The van der Waals surface area contributed by atoms with Crippen LogP contribution in [-0.2, 0) is 9.59 Å². The maximum absolute atomic E-state index is 12.4. The van der Waals surface area contributed by atoms with Gasteiger partial charge in [-0.15, -0.1) is 11.3 Å². The molecule has 2 aromatic rings. The lowest BCUT2D eigenvalue weighted by molar-refractivity contribution is -0.121. The predicted octanol–water partition coefficient (Wildman–Crippen LogP) is 2.70. The molecule has 1 aliphatic rings. The van der Waals surface area contributed by atoms with E-state index in [9.17, 15) is 14.4 Å². The van der Waals surface area contributed by atoms with Gasteiger partial charge in [0.05, 0.1) is 16.3 Å². The van der Waals surface area contributed by atoms with Crippen molar-refractivity contribution in [2.24, 2.45) is 0 Å². The number of benzene rings is 1. The van der Waals surface area contributed by atoms with Crippen molar-refractivity contribution in [1.29, 1.82) is 0 Å². The SMILES string of the molecule is O=C1CN(C(=O)CCC(=O)c2cccs2)c2ccccc2N1. The number of carbonyl (C=O) groups is 3. The number of hydrogen-bond acceptors (Lipinski definition) is 4. The first-order valence-corrected chi connectivity index (χ1v) is 7.79. The zero-order valence-electron chi connectivity index (χ0n) is 11.7. The molecule has 5 nitrogen and oxygen atoms in total. The fourth-order valence-corrected chi connectivity index (χ4v) is 3.07. The Morgan fingerprint density at radius 3 is 2.73 bits per heavy atom. The minimum Gasteiger partial charge on any atom is -0.323 e. The summed E-state index contributed by atoms with van der Waals surface area (Å²) < 4.78 is 0. The van der Waals surface area contributed by atoms with Crippen molar-refractivity contribution in [1.82, 2.24) is 0 Å². The van der Waals surface area contributed by atoms with Gasteiger partial charge in [0, 0.05) is 12.8 Å². The van der Waals surface area contributed by atoms with Crippen LogP contribution in [0.25, 0.3) is 0 Å². The topological polar surface area (TPSA) is 66.5 Å². The zero-order valence-corrected chi connectivity index (χ0v) is 12.6. The summed E-state index contributed by atoms with van der Waals surface area (Å²) in [6.07, 6.45) is 0.248. The Morgan fingerprint density at radius 1 is 1.14 bits per heavy atom. The van der Waals surface area contributed by atoms with Crippen molar-refractivity contribution < 1.29 is 14.4 Å². The number of Topliss-reactive ketones (excluding diaryl/α,β-unsaturated/α-hetero) is 1. The molecule has 0 saturated carbocycles. The van der Waals surface area contributed by atoms with Crippen molar-refractivity contribution in [3.05, 3.63) is 46.7 Å². The van der Waals surface area contributed by atoms with Gasteiger partial charge in [-0.2, -0.15) is 0 Å². The summed E-state index contributed by atoms with van der Waals surface area (Å²) >= 11 is 1.37. The molecule has 2 heterocycles. The van der Waals surface area contributed by atoms with Crippen LogP contribution >= 0.6 is 11.3 Å². The molecule has 0 bridgehead atoms. The van der Waals surface area contributed by atoms with Gasteiger partial charge in [-0.3, -0.25) is 14.4 Å². The molecule has 0 unspecified atom stereocenters. The average Bonchev–Trinajstić information content (AvgIpc) is 3.06. The highest BCUT2D eigenvalue weighted by molar-refractivity contribution is 7.12. The molecule has 1 aliphatic heterocycles. The van der Waals surface area contributed by atoms with E-state index in [-0.39, 0.29) is 37.0 Å². The van der Waals surface area contributed by atoms with Gasteiger partial charge in [-0.25, -0.2) is 0 Å². The number of carbonyl (C=O) groups excluding carboxylic acids is 3. The van der Waals surface area contributed by atoms with Crippen molar-refractivity contribution >= 4 is 40.3 Å². The number of thiophene rings is 1. The van der Waals surface area contributed by atoms with E-state index in [4.69, 9.17) is 0 Å². The number of rotatable bonds is 4. The minimum absolute atomic E-state index is 0.0109. The number of para-hydroxylation sites is 2. The third kappa shape index (κ3) is 2.92.